The summed E-state index contributed by atoms with van der Waals surface area (Å²) >= 11 is 0. The average Bonchev–Trinajstić information content (AvgIpc) is 3.48. The summed E-state index contributed by atoms with van der Waals surface area (Å²) < 4.78 is 7.35. The Bertz CT molecular complexity index is 1080. The van der Waals surface area contributed by atoms with Gasteiger partial charge in [-0.25, -0.2) is 9.97 Å². The molecule has 3 aromatic heterocycles. The van der Waals surface area contributed by atoms with Crippen molar-refractivity contribution in [2.24, 2.45) is 0 Å². The molecule has 2 fully saturated rings. The zero-order chi connectivity index (χ0) is 21.4. The van der Waals surface area contributed by atoms with E-state index in [0.29, 0.717) is 60.6 Å². The average molecular weight is 425 g/mol. The first-order valence-corrected chi connectivity index (χ1v) is 10.8. The normalized spacial score (nSPS) is 20.2. The van der Waals surface area contributed by atoms with Gasteiger partial charge in [-0.3, -0.25) is 4.68 Å². The third-order valence-electron chi connectivity index (χ3n) is 5.92. The van der Waals surface area contributed by atoms with Gasteiger partial charge in [-0.1, -0.05) is 0 Å². The third kappa shape index (κ3) is 3.82. The molecule has 3 aromatic rings. The number of nitrogens with zero attached hydrogens (tertiary/aromatic N) is 6. The Morgan fingerprint density at radius 3 is 2.97 bits per heavy atom. The van der Waals surface area contributed by atoms with Crippen LogP contribution in [0.3, 0.4) is 0 Å². The Morgan fingerprint density at radius 1 is 1.35 bits per heavy atom. The minimum absolute atomic E-state index is 0.190. The van der Waals surface area contributed by atoms with E-state index in [1.807, 2.05) is 30.7 Å². The molecule has 31 heavy (non-hydrogen) atoms. The van der Waals surface area contributed by atoms with E-state index in [-0.39, 0.29) is 6.61 Å². The molecule has 2 bridgehead atoms. The van der Waals surface area contributed by atoms with Crippen molar-refractivity contribution in [3.05, 3.63) is 29.6 Å². The van der Waals surface area contributed by atoms with Crippen LogP contribution in [0, 0.1) is 6.92 Å². The van der Waals surface area contributed by atoms with E-state index in [9.17, 15) is 5.11 Å². The molecule has 5 rings (SSSR count). The van der Waals surface area contributed by atoms with Crippen molar-refractivity contribution >= 4 is 28.6 Å². The number of pyridine rings is 1. The maximum Gasteiger partial charge on any atom is 0.228 e. The number of hydrogen-bond donors (Lipinski definition) is 3. The van der Waals surface area contributed by atoms with Gasteiger partial charge in [0.05, 0.1) is 19.8 Å². The van der Waals surface area contributed by atoms with E-state index in [1.54, 1.807) is 6.20 Å². The third-order valence-corrected chi connectivity index (χ3v) is 5.92. The molecule has 10 heteroatoms. The fourth-order valence-corrected chi connectivity index (χ4v) is 4.44. The molecule has 0 unspecified atom stereocenters. The van der Waals surface area contributed by atoms with Gasteiger partial charge >= 0.3 is 0 Å². The molecule has 3 N–H and O–H groups in total. The second-order valence-corrected chi connectivity index (χ2v) is 8.08. The van der Waals surface area contributed by atoms with E-state index in [2.05, 4.69) is 25.6 Å². The van der Waals surface area contributed by atoms with Crippen LogP contribution in [0.5, 0.6) is 0 Å². The Morgan fingerprint density at radius 2 is 2.26 bits per heavy atom. The molecule has 5 heterocycles. The first-order chi connectivity index (χ1) is 15.2. The topological polar surface area (TPSA) is 113 Å². The molecular weight excluding hydrogens is 396 g/mol. The van der Waals surface area contributed by atoms with Crippen LogP contribution in [-0.2, 0) is 17.9 Å². The number of nitrogens with one attached hydrogen (secondary N) is 2. The molecule has 164 valence electrons. The van der Waals surface area contributed by atoms with Gasteiger partial charge in [0.1, 0.15) is 22.5 Å². The van der Waals surface area contributed by atoms with E-state index in [0.717, 1.165) is 30.6 Å². The van der Waals surface area contributed by atoms with Crippen molar-refractivity contribution < 1.29 is 9.84 Å². The van der Waals surface area contributed by atoms with Crippen LogP contribution < -0.4 is 15.5 Å². The highest BCUT2D eigenvalue weighted by molar-refractivity contribution is 5.90. The van der Waals surface area contributed by atoms with Crippen LogP contribution in [0.2, 0.25) is 0 Å². The fourth-order valence-electron chi connectivity index (χ4n) is 4.44. The lowest BCUT2D eigenvalue weighted by Crippen LogP contribution is -2.44. The summed E-state index contributed by atoms with van der Waals surface area (Å²) in [6.45, 7) is 7.31. The predicted octanol–water partition coefficient (Wildman–Crippen LogP) is 1.35. The second kappa shape index (κ2) is 8.37. The Labute approximate surface area is 180 Å². The number of fused-ring (bicyclic) bond motifs is 3. The van der Waals surface area contributed by atoms with E-state index in [4.69, 9.17) is 14.7 Å². The molecule has 2 aliphatic heterocycles. The van der Waals surface area contributed by atoms with Crippen molar-refractivity contribution in [1.29, 1.82) is 0 Å². The molecule has 0 aliphatic carbocycles. The van der Waals surface area contributed by atoms with Gasteiger partial charge in [0.15, 0.2) is 5.82 Å². The Hall–Kier alpha value is -2.82. The number of anilines is 3. The van der Waals surface area contributed by atoms with Gasteiger partial charge in [0, 0.05) is 38.0 Å². The van der Waals surface area contributed by atoms with Gasteiger partial charge in [-0.15, -0.1) is 0 Å². The number of rotatable bonds is 8. The SMILES string of the molecule is CCOCCn1nc(CO)c2nc(N3C[C@H]4C[C@@H]3CN4)nc(Nc3cc(C)ccn3)c21. The van der Waals surface area contributed by atoms with Crippen LogP contribution in [0.1, 0.15) is 24.6 Å². The molecule has 0 amide bonds. The lowest BCUT2D eigenvalue weighted by Gasteiger charge is -2.27. The number of aromatic nitrogens is 5. The van der Waals surface area contributed by atoms with Crippen molar-refractivity contribution in [3.63, 3.8) is 0 Å². The summed E-state index contributed by atoms with van der Waals surface area (Å²) in [6, 6.07) is 4.79. The zero-order valence-electron chi connectivity index (χ0n) is 17.9. The smallest absolute Gasteiger partial charge is 0.228 e. The summed E-state index contributed by atoms with van der Waals surface area (Å²) in [5, 5.41) is 21.5. The van der Waals surface area contributed by atoms with Gasteiger partial charge in [-0.2, -0.15) is 10.1 Å². The molecule has 0 aromatic carbocycles. The molecular formula is C21H28N8O2. The largest absolute Gasteiger partial charge is 0.390 e. The second-order valence-electron chi connectivity index (χ2n) is 8.08. The summed E-state index contributed by atoms with van der Waals surface area (Å²) in [5.41, 5.74) is 3.05. The molecule has 2 atom stereocenters. The summed E-state index contributed by atoms with van der Waals surface area (Å²) in [6.07, 6.45) is 2.87. The molecule has 0 radical (unpaired) electrons. The summed E-state index contributed by atoms with van der Waals surface area (Å²) in [7, 11) is 0. The molecule has 0 saturated carbocycles. The van der Waals surface area contributed by atoms with Gasteiger partial charge in [0.2, 0.25) is 5.95 Å². The molecule has 10 nitrogen and oxygen atoms in total. The maximum absolute atomic E-state index is 9.98. The Kier molecular flexibility index (Phi) is 5.43. The molecule has 0 spiro atoms. The minimum atomic E-state index is -0.190. The zero-order valence-corrected chi connectivity index (χ0v) is 17.9. The van der Waals surface area contributed by atoms with E-state index >= 15 is 0 Å². The van der Waals surface area contributed by atoms with Crippen molar-refractivity contribution in [1.82, 2.24) is 30.0 Å². The highest BCUT2D eigenvalue weighted by atomic mass is 16.5. The molecule has 2 aliphatic rings. The fraction of sp³-hybridized carbons (Fsp3) is 0.524. The van der Waals surface area contributed by atoms with Crippen LogP contribution in [0.15, 0.2) is 18.3 Å². The highest BCUT2D eigenvalue weighted by Gasteiger charge is 2.39. The standard InChI is InChI=1S/C21H28N8O2/c1-3-31-7-6-29-19-18(16(12-30)27-29)25-21(28-11-14-9-15(28)10-23-14)26-20(19)24-17-8-13(2)4-5-22-17/h4-5,8,14-15,23,30H,3,6-7,9-12H2,1-2H3,(H,22,24,25,26)/t14-,15-/m1/s1. The van der Waals surface area contributed by atoms with Crippen LogP contribution in [-0.4, -0.2) is 68.2 Å². The lowest BCUT2D eigenvalue weighted by atomic mass is 10.2. The van der Waals surface area contributed by atoms with Crippen LogP contribution >= 0.6 is 0 Å². The number of ether oxygens (including phenoxy) is 1. The van der Waals surface area contributed by atoms with Gasteiger partial charge in [0.25, 0.3) is 0 Å². The molecule has 2 saturated heterocycles. The predicted molar refractivity (Wildman–Crippen MR) is 118 cm³/mol. The first kappa shape index (κ1) is 20.1. The summed E-state index contributed by atoms with van der Waals surface area (Å²) in [5.74, 6) is 2.01. The van der Waals surface area contributed by atoms with E-state index in [1.165, 1.54) is 0 Å². The van der Waals surface area contributed by atoms with Gasteiger partial charge < -0.3 is 25.4 Å². The monoisotopic (exact) mass is 424 g/mol. The van der Waals surface area contributed by atoms with Gasteiger partial charge in [-0.05, 0) is 38.0 Å². The van der Waals surface area contributed by atoms with Crippen LogP contribution in [0.4, 0.5) is 17.6 Å². The number of hydrogen-bond acceptors (Lipinski definition) is 9. The maximum atomic E-state index is 9.98. The summed E-state index contributed by atoms with van der Waals surface area (Å²) in [4.78, 5) is 16.5. The minimum Gasteiger partial charge on any atom is -0.390 e. The quantitative estimate of drug-likeness (QED) is 0.461. The van der Waals surface area contributed by atoms with E-state index < -0.39 is 0 Å². The van der Waals surface area contributed by atoms with Crippen molar-refractivity contribution in [2.75, 3.05) is 36.5 Å². The number of aryl methyl sites for hydroxylation is 1. The number of aliphatic hydroxyl groups is 1. The van der Waals surface area contributed by atoms with Crippen molar-refractivity contribution in [3.8, 4) is 0 Å². The Balaban J connectivity index is 1.61. The van der Waals surface area contributed by atoms with Crippen molar-refractivity contribution in [2.45, 2.75) is 45.5 Å². The number of piperazine rings is 1. The van der Waals surface area contributed by atoms with Crippen LogP contribution in [0.25, 0.3) is 11.0 Å². The number of aliphatic hydroxyl groups excluding tert-OH is 1. The first-order valence-electron chi connectivity index (χ1n) is 10.8. The lowest BCUT2D eigenvalue weighted by molar-refractivity contribution is 0.137. The highest BCUT2D eigenvalue weighted by Crippen LogP contribution is 2.32.